The SMILES string of the molecule is CC(C)N(Cc1ccccn1)C(=O)c1cc(F)ccc1N. The van der Waals surface area contributed by atoms with Crippen LogP contribution in [0.5, 0.6) is 0 Å². The number of carbonyl (C=O) groups is 1. The smallest absolute Gasteiger partial charge is 0.256 e. The van der Waals surface area contributed by atoms with Crippen molar-refractivity contribution in [2.24, 2.45) is 0 Å². The zero-order valence-corrected chi connectivity index (χ0v) is 12.1. The van der Waals surface area contributed by atoms with Gasteiger partial charge < -0.3 is 10.6 Å². The molecule has 1 heterocycles. The summed E-state index contributed by atoms with van der Waals surface area (Å²) in [7, 11) is 0. The Hall–Kier alpha value is -2.43. The maximum absolute atomic E-state index is 13.4. The average molecular weight is 287 g/mol. The third-order valence-electron chi connectivity index (χ3n) is 3.19. The Balaban J connectivity index is 2.30. The number of nitrogen functional groups attached to an aromatic ring is 1. The molecule has 1 aromatic carbocycles. The molecule has 2 aromatic rings. The third kappa shape index (κ3) is 3.56. The van der Waals surface area contributed by atoms with E-state index >= 15 is 0 Å². The minimum Gasteiger partial charge on any atom is -0.398 e. The van der Waals surface area contributed by atoms with Crippen molar-refractivity contribution in [3.8, 4) is 0 Å². The molecule has 0 saturated heterocycles. The molecular formula is C16H18FN3O. The Bertz CT molecular complexity index is 629. The van der Waals surface area contributed by atoms with Gasteiger partial charge >= 0.3 is 0 Å². The highest BCUT2D eigenvalue weighted by Gasteiger charge is 2.21. The van der Waals surface area contributed by atoms with Crippen LogP contribution in [0.4, 0.5) is 10.1 Å². The van der Waals surface area contributed by atoms with Crippen LogP contribution in [0.3, 0.4) is 0 Å². The van der Waals surface area contributed by atoms with E-state index in [4.69, 9.17) is 5.73 Å². The highest BCUT2D eigenvalue weighted by atomic mass is 19.1. The van der Waals surface area contributed by atoms with Crippen molar-refractivity contribution in [1.82, 2.24) is 9.88 Å². The highest BCUT2D eigenvalue weighted by molar-refractivity contribution is 5.99. The summed E-state index contributed by atoms with van der Waals surface area (Å²) in [5.41, 5.74) is 7.02. The standard InChI is InChI=1S/C16H18FN3O/c1-11(2)20(10-13-5-3-4-8-19-13)16(21)14-9-12(17)6-7-15(14)18/h3-9,11H,10,18H2,1-2H3. The van der Waals surface area contributed by atoms with E-state index in [2.05, 4.69) is 4.98 Å². The fourth-order valence-corrected chi connectivity index (χ4v) is 2.02. The number of halogens is 1. The summed E-state index contributed by atoms with van der Waals surface area (Å²) < 4.78 is 13.4. The highest BCUT2D eigenvalue weighted by Crippen LogP contribution is 2.18. The molecule has 0 atom stereocenters. The molecule has 0 spiro atoms. The van der Waals surface area contributed by atoms with Gasteiger partial charge in [0, 0.05) is 17.9 Å². The Morgan fingerprint density at radius 1 is 1.33 bits per heavy atom. The zero-order chi connectivity index (χ0) is 15.4. The molecule has 5 heteroatoms. The number of benzene rings is 1. The van der Waals surface area contributed by atoms with Crippen molar-refractivity contribution in [2.75, 3.05) is 5.73 Å². The van der Waals surface area contributed by atoms with Gasteiger partial charge in [-0.2, -0.15) is 0 Å². The second-order valence-electron chi connectivity index (χ2n) is 5.08. The largest absolute Gasteiger partial charge is 0.398 e. The first-order valence-corrected chi connectivity index (χ1v) is 6.75. The number of aromatic nitrogens is 1. The molecule has 0 unspecified atom stereocenters. The van der Waals surface area contributed by atoms with Crippen molar-refractivity contribution in [3.63, 3.8) is 0 Å². The molecular weight excluding hydrogens is 269 g/mol. The molecule has 2 N–H and O–H groups in total. The summed E-state index contributed by atoms with van der Waals surface area (Å²) in [4.78, 5) is 18.5. The minimum absolute atomic E-state index is 0.0535. The number of pyridine rings is 1. The number of carbonyl (C=O) groups excluding carboxylic acids is 1. The topological polar surface area (TPSA) is 59.2 Å². The molecule has 0 saturated carbocycles. The third-order valence-corrected chi connectivity index (χ3v) is 3.19. The van der Waals surface area contributed by atoms with E-state index in [-0.39, 0.29) is 23.2 Å². The number of hydrogen-bond acceptors (Lipinski definition) is 3. The number of rotatable bonds is 4. The molecule has 4 nitrogen and oxygen atoms in total. The van der Waals surface area contributed by atoms with Crippen LogP contribution in [0.1, 0.15) is 29.9 Å². The van der Waals surface area contributed by atoms with Crippen LogP contribution in [0.15, 0.2) is 42.6 Å². The van der Waals surface area contributed by atoms with Crippen molar-refractivity contribution >= 4 is 11.6 Å². The lowest BCUT2D eigenvalue weighted by atomic mass is 10.1. The first-order valence-electron chi connectivity index (χ1n) is 6.75. The monoisotopic (exact) mass is 287 g/mol. The van der Waals surface area contributed by atoms with E-state index in [1.807, 2.05) is 32.0 Å². The molecule has 0 radical (unpaired) electrons. The van der Waals surface area contributed by atoms with Gasteiger partial charge in [-0.05, 0) is 44.2 Å². The van der Waals surface area contributed by atoms with Gasteiger partial charge in [0.25, 0.3) is 5.91 Å². The maximum atomic E-state index is 13.4. The van der Waals surface area contributed by atoms with Crippen LogP contribution in [0.25, 0.3) is 0 Å². The predicted octanol–water partition coefficient (Wildman–Crippen LogP) is 2.85. The predicted molar refractivity (Wildman–Crippen MR) is 80.1 cm³/mol. The van der Waals surface area contributed by atoms with Gasteiger partial charge in [-0.15, -0.1) is 0 Å². The molecule has 1 amide bonds. The van der Waals surface area contributed by atoms with Crippen molar-refractivity contribution in [3.05, 3.63) is 59.7 Å². The Morgan fingerprint density at radius 2 is 2.10 bits per heavy atom. The fraction of sp³-hybridized carbons (Fsp3) is 0.250. The Morgan fingerprint density at radius 3 is 2.71 bits per heavy atom. The first-order chi connectivity index (χ1) is 9.99. The number of amides is 1. The van der Waals surface area contributed by atoms with Gasteiger partial charge in [-0.1, -0.05) is 6.07 Å². The summed E-state index contributed by atoms with van der Waals surface area (Å²) in [5, 5.41) is 0. The van der Waals surface area contributed by atoms with E-state index in [9.17, 15) is 9.18 Å². The van der Waals surface area contributed by atoms with E-state index in [1.54, 1.807) is 11.1 Å². The van der Waals surface area contributed by atoms with Gasteiger partial charge in [-0.3, -0.25) is 9.78 Å². The summed E-state index contributed by atoms with van der Waals surface area (Å²) >= 11 is 0. The fourth-order valence-electron chi connectivity index (χ4n) is 2.02. The molecule has 1 aromatic heterocycles. The average Bonchev–Trinajstić information content (AvgIpc) is 2.47. The van der Waals surface area contributed by atoms with Gasteiger partial charge in [0.15, 0.2) is 0 Å². The summed E-state index contributed by atoms with van der Waals surface area (Å²) in [6, 6.07) is 9.29. The molecule has 0 bridgehead atoms. The Labute approximate surface area is 123 Å². The first kappa shape index (κ1) is 15.0. The van der Waals surface area contributed by atoms with Gasteiger partial charge in [-0.25, -0.2) is 4.39 Å². The van der Waals surface area contributed by atoms with Crippen LogP contribution in [0.2, 0.25) is 0 Å². The number of anilines is 1. The van der Waals surface area contributed by atoms with Crippen LogP contribution in [-0.2, 0) is 6.54 Å². The van der Waals surface area contributed by atoms with Crippen LogP contribution in [0, 0.1) is 5.82 Å². The second-order valence-corrected chi connectivity index (χ2v) is 5.08. The molecule has 0 aliphatic rings. The second kappa shape index (κ2) is 6.35. The van der Waals surface area contributed by atoms with E-state index in [0.29, 0.717) is 6.54 Å². The normalized spacial score (nSPS) is 10.7. The maximum Gasteiger partial charge on any atom is 0.256 e. The molecule has 0 aliphatic carbocycles. The van der Waals surface area contributed by atoms with Crippen molar-refractivity contribution < 1.29 is 9.18 Å². The van der Waals surface area contributed by atoms with E-state index < -0.39 is 5.82 Å². The zero-order valence-electron chi connectivity index (χ0n) is 12.1. The Kier molecular flexibility index (Phi) is 4.52. The lowest BCUT2D eigenvalue weighted by Crippen LogP contribution is -2.37. The number of nitrogens with zero attached hydrogens (tertiary/aromatic N) is 2. The lowest BCUT2D eigenvalue weighted by Gasteiger charge is -2.27. The van der Waals surface area contributed by atoms with Crippen LogP contribution >= 0.6 is 0 Å². The van der Waals surface area contributed by atoms with Gasteiger partial charge in [0.2, 0.25) is 0 Å². The molecule has 0 fully saturated rings. The molecule has 0 aliphatic heterocycles. The molecule has 21 heavy (non-hydrogen) atoms. The van der Waals surface area contributed by atoms with E-state index in [0.717, 1.165) is 5.69 Å². The van der Waals surface area contributed by atoms with Gasteiger partial charge in [0.1, 0.15) is 5.82 Å². The number of hydrogen-bond donors (Lipinski definition) is 1. The summed E-state index contributed by atoms with van der Waals surface area (Å²) in [5.74, 6) is -0.776. The van der Waals surface area contributed by atoms with E-state index in [1.165, 1.54) is 18.2 Å². The van der Waals surface area contributed by atoms with Gasteiger partial charge in [0.05, 0.1) is 17.8 Å². The molecule has 110 valence electrons. The van der Waals surface area contributed by atoms with Crippen LogP contribution < -0.4 is 5.73 Å². The molecule has 2 rings (SSSR count). The summed E-state index contributed by atoms with van der Waals surface area (Å²) in [6.07, 6.45) is 1.68. The van der Waals surface area contributed by atoms with Crippen LogP contribution in [-0.4, -0.2) is 21.8 Å². The lowest BCUT2D eigenvalue weighted by molar-refractivity contribution is 0.0688. The van der Waals surface area contributed by atoms with Crippen molar-refractivity contribution in [1.29, 1.82) is 0 Å². The quantitative estimate of drug-likeness (QED) is 0.880. The minimum atomic E-state index is -0.478. The van der Waals surface area contributed by atoms with Crippen molar-refractivity contribution in [2.45, 2.75) is 26.4 Å². The number of nitrogens with two attached hydrogens (primary N) is 1. The summed E-state index contributed by atoms with van der Waals surface area (Å²) in [6.45, 7) is 4.15.